The molecule has 2 heteroatoms. The van der Waals surface area contributed by atoms with Crippen LogP contribution in [0.3, 0.4) is 0 Å². The van der Waals surface area contributed by atoms with E-state index < -0.39 is 0 Å². The van der Waals surface area contributed by atoms with E-state index in [0.717, 1.165) is 24.8 Å². The van der Waals surface area contributed by atoms with Gasteiger partial charge in [-0.3, -0.25) is 0 Å². The van der Waals surface area contributed by atoms with Crippen LogP contribution in [0.4, 0.5) is 4.39 Å². The van der Waals surface area contributed by atoms with Gasteiger partial charge in [0.25, 0.3) is 0 Å². The molecule has 0 amide bonds. The average molecular weight is 224 g/mol. The Morgan fingerprint density at radius 3 is 2.31 bits per heavy atom. The third-order valence-corrected chi connectivity index (χ3v) is 2.70. The first kappa shape index (κ1) is 13.2. The molecular formula is C14H21FO. The lowest BCUT2D eigenvalue weighted by atomic mass is 10.0. The van der Waals surface area contributed by atoms with Crippen molar-refractivity contribution in [2.24, 2.45) is 5.92 Å². The zero-order valence-electron chi connectivity index (χ0n) is 10.1. The van der Waals surface area contributed by atoms with Crippen molar-refractivity contribution in [1.29, 1.82) is 0 Å². The summed E-state index contributed by atoms with van der Waals surface area (Å²) in [5.74, 6) is 0.469. The van der Waals surface area contributed by atoms with Crippen LogP contribution in [0.25, 0.3) is 0 Å². The van der Waals surface area contributed by atoms with E-state index in [1.807, 2.05) is 0 Å². The van der Waals surface area contributed by atoms with Crippen LogP contribution in [-0.2, 0) is 6.42 Å². The van der Waals surface area contributed by atoms with Crippen molar-refractivity contribution in [3.8, 4) is 0 Å². The van der Waals surface area contributed by atoms with Crippen LogP contribution in [-0.4, -0.2) is 11.2 Å². The number of hydrogen-bond acceptors (Lipinski definition) is 1. The average Bonchev–Trinajstić information content (AvgIpc) is 2.21. The zero-order valence-corrected chi connectivity index (χ0v) is 10.1. The SMILES string of the molecule is CC(C)CCCC(O)Cc1ccc(F)cc1. The first-order valence-electron chi connectivity index (χ1n) is 6.00. The van der Waals surface area contributed by atoms with Crippen LogP contribution in [0.15, 0.2) is 24.3 Å². The highest BCUT2D eigenvalue weighted by atomic mass is 19.1. The van der Waals surface area contributed by atoms with Crippen LogP contribution in [0.2, 0.25) is 0 Å². The molecular weight excluding hydrogens is 203 g/mol. The second-order valence-corrected chi connectivity index (χ2v) is 4.81. The lowest BCUT2D eigenvalue weighted by Gasteiger charge is -2.11. The number of aliphatic hydroxyl groups is 1. The van der Waals surface area contributed by atoms with Crippen molar-refractivity contribution in [1.82, 2.24) is 0 Å². The van der Waals surface area contributed by atoms with Crippen molar-refractivity contribution in [2.75, 3.05) is 0 Å². The highest BCUT2D eigenvalue weighted by molar-refractivity contribution is 5.16. The normalized spacial score (nSPS) is 13.1. The summed E-state index contributed by atoms with van der Waals surface area (Å²) in [5.41, 5.74) is 0.999. The fourth-order valence-corrected chi connectivity index (χ4v) is 1.76. The van der Waals surface area contributed by atoms with Gasteiger partial charge in [0.15, 0.2) is 0 Å². The van der Waals surface area contributed by atoms with Crippen molar-refractivity contribution in [2.45, 2.75) is 45.6 Å². The standard InChI is InChI=1S/C14H21FO/c1-11(2)4-3-5-14(16)10-12-6-8-13(15)9-7-12/h6-9,11,14,16H,3-5,10H2,1-2H3. The lowest BCUT2D eigenvalue weighted by Crippen LogP contribution is -2.10. The number of rotatable bonds is 6. The summed E-state index contributed by atoms with van der Waals surface area (Å²) in [6, 6.07) is 6.36. The van der Waals surface area contributed by atoms with Crippen molar-refractivity contribution in [3.05, 3.63) is 35.6 Å². The summed E-state index contributed by atoms with van der Waals surface area (Å²) in [4.78, 5) is 0. The Bertz CT molecular complexity index is 292. The molecule has 0 aliphatic heterocycles. The van der Waals surface area contributed by atoms with Crippen molar-refractivity contribution < 1.29 is 9.50 Å². The topological polar surface area (TPSA) is 20.2 Å². The van der Waals surface area contributed by atoms with Gasteiger partial charge in [0.1, 0.15) is 5.82 Å². The molecule has 0 saturated carbocycles. The second kappa shape index (κ2) is 6.64. The van der Waals surface area contributed by atoms with Gasteiger partial charge in [-0.2, -0.15) is 0 Å². The Labute approximate surface area is 97.3 Å². The molecule has 1 aromatic carbocycles. The predicted octanol–water partition coefficient (Wildman–Crippen LogP) is 3.56. The highest BCUT2D eigenvalue weighted by Gasteiger charge is 2.06. The highest BCUT2D eigenvalue weighted by Crippen LogP contribution is 2.12. The summed E-state index contributed by atoms with van der Waals surface area (Å²) in [5, 5.41) is 9.79. The maximum atomic E-state index is 12.7. The van der Waals surface area contributed by atoms with E-state index in [2.05, 4.69) is 13.8 Å². The second-order valence-electron chi connectivity index (χ2n) is 4.81. The molecule has 0 radical (unpaired) electrons. The predicted molar refractivity (Wildman–Crippen MR) is 64.8 cm³/mol. The van der Waals surface area contributed by atoms with E-state index in [1.165, 1.54) is 12.1 Å². The third-order valence-electron chi connectivity index (χ3n) is 2.70. The lowest BCUT2D eigenvalue weighted by molar-refractivity contribution is 0.159. The molecule has 1 aromatic rings. The maximum Gasteiger partial charge on any atom is 0.123 e. The minimum Gasteiger partial charge on any atom is -0.393 e. The van der Waals surface area contributed by atoms with Gasteiger partial charge in [-0.15, -0.1) is 0 Å². The largest absolute Gasteiger partial charge is 0.393 e. The molecule has 1 nitrogen and oxygen atoms in total. The van der Waals surface area contributed by atoms with Gasteiger partial charge in [0.05, 0.1) is 6.10 Å². The molecule has 0 spiro atoms. The van der Waals surface area contributed by atoms with E-state index in [1.54, 1.807) is 12.1 Å². The molecule has 1 rings (SSSR count). The quantitative estimate of drug-likeness (QED) is 0.783. The fraction of sp³-hybridized carbons (Fsp3) is 0.571. The summed E-state index contributed by atoms with van der Waals surface area (Å²) in [7, 11) is 0. The minimum atomic E-state index is -0.302. The first-order chi connectivity index (χ1) is 7.58. The number of benzene rings is 1. The van der Waals surface area contributed by atoms with Crippen LogP contribution in [0, 0.1) is 11.7 Å². The van der Waals surface area contributed by atoms with Crippen LogP contribution in [0.5, 0.6) is 0 Å². The molecule has 0 aliphatic carbocycles. The maximum absolute atomic E-state index is 12.7. The molecule has 1 atom stereocenters. The number of hydrogen-bond donors (Lipinski definition) is 1. The molecule has 90 valence electrons. The van der Waals surface area contributed by atoms with Gasteiger partial charge >= 0.3 is 0 Å². The molecule has 0 aliphatic rings. The molecule has 0 fully saturated rings. The van der Waals surface area contributed by atoms with Gasteiger partial charge in [-0.25, -0.2) is 4.39 Å². The monoisotopic (exact) mass is 224 g/mol. The Balaban J connectivity index is 2.28. The minimum absolute atomic E-state index is 0.224. The number of aliphatic hydroxyl groups excluding tert-OH is 1. The Hall–Kier alpha value is -0.890. The summed E-state index contributed by atoms with van der Waals surface area (Å²) in [6.07, 6.45) is 3.36. The molecule has 1 N–H and O–H groups in total. The van der Waals surface area contributed by atoms with Gasteiger partial charge in [0, 0.05) is 0 Å². The van der Waals surface area contributed by atoms with E-state index in [-0.39, 0.29) is 11.9 Å². The Morgan fingerprint density at radius 2 is 1.75 bits per heavy atom. The first-order valence-corrected chi connectivity index (χ1v) is 6.00. The van der Waals surface area contributed by atoms with E-state index in [0.29, 0.717) is 12.3 Å². The molecule has 1 unspecified atom stereocenters. The van der Waals surface area contributed by atoms with Crippen LogP contribution < -0.4 is 0 Å². The smallest absolute Gasteiger partial charge is 0.123 e. The third kappa shape index (κ3) is 5.26. The van der Waals surface area contributed by atoms with Gasteiger partial charge < -0.3 is 5.11 Å². The van der Waals surface area contributed by atoms with Gasteiger partial charge in [-0.1, -0.05) is 38.8 Å². The van der Waals surface area contributed by atoms with Gasteiger partial charge in [0.2, 0.25) is 0 Å². The summed E-state index contributed by atoms with van der Waals surface area (Å²) < 4.78 is 12.7. The van der Waals surface area contributed by atoms with Crippen LogP contribution in [0.1, 0.15) is 38.7 Å². The molecule has 0 saturated heterocycles. The van der Waals surface area contributed by atoms with Crippen LogP contribution >= 0.6 is 0 Å². The van der Waals surface area contributed by atoms with E-state index in [4.69, 9.17) is 0 Å². The molecule has 16 heavy (non-hydrogen) atoms. The zero-order chi connectivity index (χ0) is 12.0. The Morgan fingerprint density at radius 1 is 1.12 bits per heavy atom. The van der Waals surface area contributed by atoms with Gasteiger partial charge in [-0.05, 0) is 36.5 Å². The van der Waals surface area contributed by atoms with Crippen molar-refractivity contribution >= 4 is 0 Å². The van der Waals surface area contributed by atoms with E-state index >= 15 is 0 Å². The molecule has 0 aromatic heterocycles. The summed E-state index contributed by atoms with van der Waals surface area (Å²) >= 11 is 0. The Kier molecular flexibility index (Phi) is 5.47. The fourth-order valence-electron chi connectivity index (χ4n) is 1.76. The van der Waals surface area contributed by atoms with E-state index in [9.17, 15) is 9.50 Å². The van der Waals surface area contributed by atoms with Crippen molar-refractivity contribution in [3.63, 3.8) is 0 Å². The molecule has 0 heterocycles. The molecule has 0 bridgehead atoms. The summed E-state index contributed by atoms with van der Waals surface area (Å²) in [6.45, 7) is 4.37. The number of halogens is 1.